The van der Waals surface area contributed by atoms with Crippen molar-refractivity contribution in [3.05, 3.63) is 11.9 Å². The molecule has 0 saturated carbocycles. The summed E-state index contributed by atoms with van der Waals surface area (Å²) in [5.41, 5.74) is 0.124. The molecule has 13 heavy (non-hydrogen) atoms. The van der Waals surface area contributed by atoms with Crippen LogP contribution in [0.15, 0.2) is 6.20 Å². The Hall–Kier alpha value is -1.72. The zero-order valence-corrected chi connectivity index (χ0v) is 7.35. The highest BCUT2D eigenvalue weighted by Crippen LogP contribution is 1.97. The van der Waals surface area contributed by atoms with Gasteiger partial charge in [0.05, 0.1) is 12.8 Å². The molecule has 1 rings (SSSR count). The molecule has 1 aromatic heterocycles. The van der Waals surface area contributed by atoms with Crippen LogP contribution in [0.2, 0.25) is 0 Å². The predicted molar refractivity (Wildman–Crippen MR) is 42.0 cm³/mol. The van der Waals surface area contributed by atoms with Crippen molar-refractivity contribution in [3.8, 4) is 0 Å². The number of aryl methyl sites for hydroxylation is 1. The summed E-state index contributed by atoms with van der Waals surface area (Å²) in [5.74, 6) is -1.61. The van der Waals surface area contributed by atoms with Crippen LogP contribution in [0.1, 0.15) is 17.4 Å². The van der Waals surface area contributed by atoms with Crippen molar-refractivity contribution in [1.82, 2.24) is 15.0 Å². The van der Waals surface area contributed by atoms with E-state index < -0.39 is 11.8 Å². The Labute approximate surface area is 74.5 Å². The van der Waals surface area contributed by atoms with Gasteiger partial charge in [-0.1, -0.05) is 5.21 Å². The molecule has 6 heteroatoms. The minimum atomic E-state index is -0.882. The van der Waals surface area contributed by atoms with E-state index in [4.69, 9.17) is 0 Å². The molecule has 0 aliphatic rings. The molecule has 0 fully saturated rings. The van der Waals surface area contributed by atoms with E-state index in [-0.39, 0.29) is 12.3 Å². The molecule has 0 aliphatic heterocycles. The number of ether oxygens (including phenoxy) is 1. The zero-order valence-electron chi connectivity index (χ0n) is 7.35. The van der Waals surface area contributed by atoms with Crippen molar-refractivity contribution in [3.63, 3.8) is 0 Å². The third-order valence-corrected chi connectivity index (χ3v) is 1.41. The fourth-order valence-corrected chi connectivity index (χ4v) is 0.796. The third kappa shape index (κ3) is 1.90. The highest BCUT2D eigenvalue weighted by Gasteiger charge is 2.20. The van der Waals surface area contributed by atoms with Crippen molar-refractivity contribution < 1.29 is 14.3 Å². The van der Waals surface area contributed by atoms with Crippen LogP contribution in [-0.4, -0.2) is 33.4 Å². The Bertz CT molecular complexity index is 331. The number of aromatic nitrogens is 3. The molecule has 0 bridgehead atoms. The Morgan fingerprint density at radius 3 is 2.77 bits per heavy atom. The minimum Gasteiger partial charge on any atom is -0.460 e. The summed E-state index contributed by atoms with van der Waals surface area (Å²) >= 11 is 0. The van der Waals surface area contributed by atoms with Gasteiger partial charge < -0.3 is 4.74 Å². The number of hydrogen-bond donors (Lipinski definition) is 0. The summed E-state index contributed by atoms with van der Waals surface area (Å²) in [6.07, 6.45) is 1.22. The molecule has 0 aliphatic carbocycles. The van der Waals surface area contributed by atoms with Crippen molar-refractivity contribution in [2.45, 2.75) is 6.92 Å². The number of carbonyl (C=O) groups is 2. The van der Waals surface area contributed by atoms with E-state index in [1.54, 1.807) is 6.92 Å². The van der Waals surface area contributed by atoms with Crippen LogP contribution in [0.25, 0.3) is 0 Å². The minimum absolute atomic E-state index is 0.124. The number of carbonyl (C=O) groups excluding carboxylic acids is 2. The number of ketones is 1. The second-order valence-electron chi connectivity index (χ2n) is 2.29. The maximum Gasteiger partial charge on any atom is 0.381 e. The number of nitrogens with zero attached hydrogens (tertiary/aromatic N) is 3. The van der Waals surface area contributed by atoms with E-state index in [9.17, 15) is 9.59 Å². The number of Topliss-reactive ketones (excluding diaryl/α,β-unsaturated/α-hetero) is 1. The van der Waals surface area contributed by atoms with Gasteiger partial charge in [0.15, 0.2) is 0 Å². The van der Waals surface area contributed by atoms with Gasteiger partial charge in [0.1, 0.15) is 5.69 Å². The Balaban J connectivity index is 2.80. The molecule has 0 atom stereocenters. The molecule has 0 amide bonds. The lowest BCUT2D eigenvalue weighted by molar-refractivity contribution is -0.137. The lowest BCUT2D eigenvalue weighted by Crippen LogP contribution is -2.20. The van der Waals surface area contributed by atoms with Gasteiger partial charge in [-0.2, -0.15) is 0 Å². The first-order chi connectivity index (χ1) is 6.16. The molecular weight excluding hydrogens is 174 g/mol. The molecular formula is C7H9N3O3. The van der Waals surface area contributed by atoms with E-state index in [0.717, 1.165) is 0 Å². The maximum atomic E-state index is 11.2. The molecule has 0 unspecified atom stereocenters. The number of hydrogen-bond acceptors (Lipinski definition) is 5. The first-order valence-corrected chi connectivity index (χ1v) is 3.73. The number of rotatable bonds is 3. The second kappa shape index (κ2) is 3.79. The standard InChI is InChI=1S/C7H9N3O3/c1-3-13-7(12)6(11)5-4-8-9-10(5)2/h4H,3H2,1-2H3. The normalized spacial score (nSPS) is 9.69. The second-order valence-corrected chi connectivity index (χ2v) is 2.29. The first kappa shape index (κ1) is 9.37. The Kier molecular flexibility index (Phi) is 2.73. The van der Waals surface area contributed by atoms with E-state index in [1.165, 1.54) is 17.9 Å². The monoisotopic (exact) mass is 183 g/mol. The summed E-state index contributed by atoms with van der Waals surface area (Å²) in [5, 5.41) is 6.99. The quantitative estimate of drug-likeness (QED) is 0.361. The van der Waals surface area contributed by atoms with Gasteiger partial charge in [-0.3, -0.25) is 4.79 Å². The summed E-state index contributed by atoms with van der Waals surface area (Å²) in [6.45, 7) is 1.81. The van der Waals surface area contributed by atoms with E-state index in [0.29, 0.717) is 0 Å². The van der Waals surface area contributed by atoms with Gasteiger partial charge in [-0.25, -0.2) is 9.48 Å². The van der Waals surface area contributed by atoms with Crippen LogP contribution >= 0.6 is 0 Å². The summed E-state index contributed by atoms with van der Waals surface area (Å²) in [4.78, 5) is 22.2. The van der Waals surface area contributed by atoms with Crippen LogP contribution in [0.3, 0.4) is 0 Å². The highest BCUT2D eigenvalue weighted by atomic mass is 16.5. The topological polar surface area (TPSA) is 74.1 Å². The van der Waals surface area contributed by atoms with Crippen LogP contribution < -0.4 is 0 Å². The third-order valence-electron chi connectivity index (χ3n) is 1.41. The van der Waals surface area contributed by atoms with Crippen LogP contribution in [0.4, 0.5) is 0 Å². The van der Waals surface area contributed by atoms with E-state index in [2.05, 4.69) is 15.0 Å². The largest absolute Gasteiger partial charge is 0.460 e. The van der Waals surface area contributed by atoms with Gasteiger partial charge >= 0.3 is 5.97 Å². The van der Waals surface area contributed by atoms with Gasteiger partial charge in [0, 0.05) is 7.05 Å². The molecule has 1 heterocycles. The van der Waals surface area contributed by atoms with Gasteiger partial charge in [0.25, 0.3) is 5.78 Å². The summed E-state index contributed by atoms with van der Waals surface area (Å²) in [6, 6.07) is 0. The maximum absolute atomic E-state index is 11.2. The number of esters is 1. The van der Waals surface area contributed by atoms with Crippen LogP contribution in [0.5, 0.6) is 0 Å². The molecule has 6 nitrogen and oxygen atoms in total. The molecule has 0 saturated heterocycles. The predicted octanol–water partition coefficient (Wildman–Crippen LogP) is -0.439. The summed E-state index contributed by atoms with van der Waals surface area (Å²) < 4.78 is 5.75. The van der Waals surface area contributed by atoms with Gasteiger partial charge in [0.2, 0.25) is 0 Å². The zero-order chi connectivity index (χ0) is 9.84. The molecule has 0 aromatic carbocycles. The van der Waals surface area contributed by atoms with Crippen molar-refractivity contribution in [2.24, 2.45) is 7.05 Å². The van der Waals surface area contributed by atoms with Crippen molar-refractivity contribution >= 4 is 11.8 Å². The molecule has 0 N–H and O–H groups in total. The lowest BCUT2D eigenvalue weighted by Gasteiger charge is -1.99. The molecule has 0 radical (unpaired) electrons. The average molecular weight is 183 g/mol. The van der Waals surface area contributed by atoms with E-state index in [1.807, 2.05) is 0 Å². The Morgan fingerprint density at radius 2 is 2.31 bits per heavy atom. The van der Waals surface area contributed by atoms with E-state index >= 15 is 0 Å². The van der Waals surface area contributed by atoms with Gasteiger partial charge in [-0.05, 0) is 6.92 Å². The molecule has 0 spiro atoms. The fraction of sp³-hybridized carbons (Fsp3) is 0.429. The highest BCUT2D eigenvalue weighted by molar-refractivity contribution is 6.40. The summed E-state index contributed by atoms with van der Waals surface area (Å²) in [7, 11) is 1.53. The van der Waals surface area contributed by atoms with Crippen LogP contribution in [0, 0.1) is 0 Å². The van der Waals surface area contributed by atoms with Crippen LogP contribution in [-0.2, 0) is 16.6 Å². The fourth-order valence-electron chi connectivity index (χ4n) is 0.796. The molecule has 1 aromatic rings. The Morgan fingerprint density at radius 1 is 1.62 bits per heavy atom. The molecule has 70 valence electrons. The first-order valence-electron chi connectivity index (χ1n) is 3.73. The SMILES string of the molecule is CCOC(=O)C(=O)c1cnnn1C. The van der Waals surface area contributed by atoms with Crippen molar-refractivity contribution in [2.75, 3.05) is 6.61 Å². The smallest absolute Gasteiger partial charge is 0.381 e. The lowest BCUT2D eigenvalue weighted by atomic mass is 10.3. The van der Waals surface area contributed by atoms with Gasteiger partial charge in [-0.15, -0.1) is 5.10 Å². The van der Waals surface area contributed by atoms with Crippen molar-refractivity contribution in [1.29, 1.82) is 0 Å². The average Bonchev–Trinajstić information content (AvgIpc) is 2.50.